The Kier molecular flexibility index (Phi) is 1.96. The first-order chi connectivity index (χ1) is 5.86. The Morgan fingerprint density at radius 3 is 2.50 bits per heavy atom. The summed E-state index contributed by atoms with van der Waals surface area (Å²) in [7, 11) is 0. The summed E-state index contributed by atoms with van der Waals surface area (Å²) in [4.78, 5) is 0. The molecule has 2 N–H and O–H groups in total. The van der Waals surface area contributed by atoms with Crippen LogP contribution in [-0.4, -0.2) is 6.04 Å². The van der Waals surface area contributed by atoms with E-state index < -0.39 is 0 Å². The van der Waals surface area contributed by atoms with Gasteiger partial charge in [0.15, 0.2) is 0 Å². The van der Waals surface area contributed by atoms with Crippen LogP contribution in [0.2, 0.25) is 0 Å². The molecule has 0 amide bonds. The molecule has 1 aromatic rings. The molecule has 1 aromatic carbocycles. The minimum atomic E-state index is 0.278. The fourth-order valence-electron chi connectivity index (χ4n) is 1.64. The summed E-state index contributed by atoms with van der Waals surface area (Å²) in [5.74, 6) is 0. The van der Waals surface area contributed by atoms with Crippen LogP contribution >= 0.6 is 0 Å². The molecule has 1 nitrogen and oxygen atoms in total. The van der Waals surface area contributed by atoms with Gasteiger partial charge in [-0.05, 0) is 24.0 Å². The lowest BCUT2D eigenvalue weighted by Crippen LogP contribution is -2.11. The second-order valence-electron chi connectivity index (χ2n) is 3.26. The van der Waals surface area contributed by atoms with Gasteiger partial charge in [-0.1, -0.05) is 36.4 Å². The maximum atomic E-state index is 5.79. The Morgan fingerprint density at radius 1 is 1.17 bits per heavy atom. The van der Waals surface area contributed by atoms with Gasteiger partial charge >= 0.3 is 0 Å². The highest BCUT2D eigenvalue weighted by atomic mass is 14.6. The molecule has 0 spiro atoms. The summed E-state index contributed by atoms with van der Waals surface area (Å²) in [6, 6.07) is 10.7. The van der Waals surface area contributed by atoms with Crippen molar-refractivity contribution < 1.29 is 0 Å². The van der Waals surface area contributed by atoms with E-state index in [9.17, 15) is 0 Å². The van der Waals surface area contributed by atoms with E-state index in [1.165, 1.54) is 11.1 Å². The number of nitrogens with two attached hydrogens (primary N) is 1. The van der Waals surface area contributed by atoms with E-state index in [4.69, 9.17) is 5.73 Å². The van der Waals surface area contributed by atoms with Gasteiger partial charge in [0.1, 0.15) is 0 Å². The summed E-state index contributed by atoms with van der Waals surface area (Å²) in [5, 5.41) is 0. The van der Waals surface area contributed by atoms with Crippen LogP contribution < -0.4 is 5.73 Å². The van der Waals surface area contributed by atoms with Crippen LogP contribution in [0.5, 0.6) is 0 Å². The zero-order valence-electron chi connectivity index (χ0n) is 7.03. The summed E-state index contributed by atoms with van der Waals surface area (Å²) in [6.07, 6.45) is 4.41. The SMILES string of the molecule is NC1C=C(c2ccccc2)CC1. The van der Waals surface area contributed by atoms with E-state index in [2.05, 4.69) is 30.3 Å². The van der Waals surface area contributed by atoms with Crippen molar-refractivity contribution >= 4 is 5.57 Å². The Balaban J connectivity index is 2.27. The largest absolute Gasteiger partial charge is 0.324 e. The molecular formula is C11H13N. The molecule has 1 atom stereocenters. The topological polar surface area (TPSA) is 26.0 Å². The van der Waals surface area contributed by atoms with E-state index in [1.807, 2.05) is 6.07 Å². The number of benzene rings is 1. The molecule has 1 heteroatoms. The number of rotatable bonds is 1. The lowest BCUT2D eigenvalue weighted by Gasteiger charge is -1.99. The van der Waals surface area contributed by atoms with Gasteiger partial charge < -0.3 is 5.73 Å². The Bertz CT molecular complexity index is 287. The maximum absolute atomic E-state index is 5.79. The molecule has 0 bridgehead atoms. The minimum Gasteiger partial charge on any atom is -0.324 e. The van der Waals surface area contributed by atoms with Crippen LogP contribution in [0.3, 0.4) is 0 Å². The molecule has 0 fully saturated rings. The van der Waals surface area contributed by atoms with Crippen molar-refractivity contribution in [2.45, 2.75) is 18.9 Å². The van der Waals surface area contributed by atoms with Gasteiger partial charge in [0.25, 0.3) is 0 Å². The molecule has 1 aliphatic carbocycles. The van der Waals surface area contributed by atoms with E-state index in [0.29, 0.717) is 0 Å². The first kappa shape index (κ1) is 7.56. The number of allylic oxidation sites excluding steroid dienone is 1. The first-order valence-electron chi connectivity index (χ1n) is 4.38. The maximum Gasteiger partial charge on any atom is 0.0232 e. The van der Waals surface area contributed by atoms with E-state index in [1.54, 1.807) is 0 Å². The molecule has 0 aromatic heterocycles. The van der Waals surface area contributed by atoms with Gasteiger partial charge in [-0.25, -0.2) is 0 Å². The van der Waals surface area contributed by atoms with Crippen LogP contribution in [0.1, 0.15) is 18.4 Å². The molecule has 0 radical (unpaired) electrons. The van der Waals surface area contributed by atoms with Crippen molar-refractivity contribution in [1.29, 1.82) is 0 Å². The molecule has 0 aliphatic heterocycles. The molecule has 1 unspecified atom stereocenters. The second kappa shape index (κ2) is 3.11. The molecule has 12 heavy (non-hydrogen) atoms. The van der Waals surface area contributed by atoms with E-state index in [-0.39, 0.29) is 6.04 Å². The summed E-state index contributed by atoms with van der Waals surface area (Å²) >= 11 is 0. The fourth-order valence-corrected chi connectivity index (χ4v) is 1.64. The normalized spacial score (nSPS) is 22.4. The third-order valence-corrected chi connectivity index (χ3v) is 2.31. The highest BCUT2D eigenvalue weighted by Gasteiger charge is 2.12. The average Bonchev–Trinajstić information content (AvgIpc) is 2.54. The summed E-state index contributed by atoms with van der Waals surface area (Å²) in [5.41, 5.74) is 8.52. The van der Waals surface area contributed by atoms with Crippen LogP contribution in [0.15, 0.2) is 36.4 Å². The smallest absolute Gasteiger partial charge is 0.0232 e. The van der Waals surface area contributed by atoms with Gasteiger partial charge in [-0.15, -0.1) is 0 Å². The van der Waals surface area contributed by atoms with Crippen molar-refractivity contribution in [1.82, 2.24) is 0 Å². The van der Waals surface area contributed by atoms with Gasteiger partial charge in [-0.2, -0.15) is 0 Å². The van der Waals surface area contributed by atoms with Gasteiger partial charge in [0.2, 0.25) is 0 Å². The summed E-state index contributed by atoms with van der Waals surface area (Å²) in [6.45, 7) is 0. The van der Waals surface area contributed by atoms with Crippen molar-refractivity contribution in [3.63, 3.8) is 0 Å². The standard InChI is InChI=1S/C11H13N/c12-11-7-6-10(8-11)9-4-2-1-3-5-9/h1-5,8,11H,6-7,12H2. The van der Waals surface area contributed by atoms with Crippen LogP contribution in [0.4, 0.5) is 0 Å². The molecule has 0 saturated carbocycles. The summed E-state index contributed by atoms with van der Waals surface area (Å²) < 4.78 is 0. The molecule has 62 valence electrons. The highest BCUT2D eigenvalue weighted by molar-refractivity contribution is 5.67. The Labute approximate surface area is 72.9 Å². The van der Waals surface area contributed by atoms with Crippen LogP contribution in [-0.2, 0) is 0 Å². The zero-order chi connectivity index (χ0) is 8.39. The second-order valence-corrected chi connectivity index (χ2v) is 3.26. The lowest BCUT2D eigenvalue weighted by atomic mass is 10.1. The predicted molar refractivity (Wildman–Crippen MR) is 51.6 cm³/mol. The van der Waals surface area contributed by atoms with Crippen molar-refractivity contribution in [2.24, 2.45) is 5.73 Å². The number of hydrogen-bond donors (Lipinski definition) is 1. The molecule has 1 aliphatic rings. The third kappa shape index (κ3) is 1.41. The quantitative estimate of drug-likeness (QED) is 0.667. The van der Waals surface area contributed by atoms with Crippen LogP contribution in [0.25, 0.3) is 5.57 Å². The molecular weight excluding hydrogens is 146 g/mol. The Hall–Kier alpha value is -1.08. The minimum absolute atomic E-state index is 0.278. The monoisotopic (exact) mass is 159 g/mol. The van der Waals surface area contributed by atoms with Gasteiger partial charge in [-0.3, -0.25) is 0 Å². The van der Waals surface area contributed by atoms with Gasteiger partial charge in [0.05, 0.1) is 0 Å². The molecule has 0 saturated heterocycles. The van der Waals surface area contributed by atoms with Gasteiger partial charge in [0, 0.05) is 6.04 Å². The third-order valence-electron chi connectivity index (χ3n) is 2.31. The van der Waals surface area contributed by atoms with E-state index >= 15 is 0 Å². The Morgan fingerprint density at radius 2 is 1.92 bits per heavy atom. The van der Waals surface area contributed by atoms with Crippen molar-refractivity contribution in [3.05, 3.63) is 42.0 Å². The van der Waals surface area contributed by atoms with Crippen LogP contribution in [0, 0.1) is 0 Å². The molecule has 0 heterocycles. The number of hydrogen-bond acceptors (Lipinski definition) is 1. The predicted octanol–water partition coefficient (Wildman–Crippen LogP) is 2.19. The first-order valence-corrected chi connectivity index (χ1v) is 4.38. The van der Waals surface area contributed by atoms with Crippen molar-refractivity contribution in [3.8, 4) is 0 Å². The fraction of sp³-hybridized carbons (Fsp3) is 0.273. The zero-order valence-corrected chi connectivity index (χ0v) is 7.03. The molecule has 2 rings (SSSR count). The lowest BCUT2D eigenvalue weighted by molar-refractivity contribution is 0.782. The van der Waals surface area contributed by atoms with E-state index in [0.717, 1.165) is 12.8 Å². The average molecular weight is 159 g/mol. The van der Waals surface area contributed by atoms with Crippen molar-refractivity contribution in [2.75, 3.05) is 0 Å². The highest BCUT2D eigenvalue weighted by Crippen LogP contribution is 2.26.